The van der Waals surface area contributed by atoms with Crippen molar-refractivity contribution in [3.63, 3.8) is 0 Å². The van der Waals surface area contributed by atoms with E-state index in [1.165, 1.54) is 6.07 Å². The molecule has 2 aromatic carbocycles. The fourth-order valence-electron chi connectivity index (χ4n) is 1.80. The number of aryl methyl sites for hydroxylation is 1. The van der Waals surface area contributed by atoms with Gasteiger partial charge in [-0.05, 0) is 47.9 Å². The van der Waals surface area contributed by atoms with Crippen molar-refractivity contribution in [1.29, 1.82) is 0 Å². The Morgan fingerprint density at radius 2 is 1.83 bits per heavy atom. The van der Waals surface area contributed by atoms with E-state index >= 15 is 0 Å². The number of hydrogen-bond donors (Lipinski definition) is 2. The zero-order chi connectivity index (χ0) is 13.3. The maximum Gasteiger partial charge on any atom is 0.337 e. The molecule has 2 rings (SSSR count). The van der Waals surface area contributed by atoms with E-state index in [4.69, 9.17) is 16.7 Å². The van der Waals surface area contributed by atoms with Gasteiger partial charge < -0.3 is 10.2 Å². The summed E-state index contributed by atoms with van der Waals surface area (Å²) in [4.78, 5) is 11.0. The van der Waals surface area contributed by atoms with Gasteiger partial charge in [0.2, 0.25) is 0 Å². The fourth-order valence-corrected chi connectivity index (χ4v) is 2.00. The molecule has 0 unspecified atom stereocenters. The van der Waals surface area contributed by atoms with Crippen LogP contribution in [0.2, 0.25) is 5.02 Å². The number of benzene rings is 2. The number of phenolic OH excluding ortho intramolecular Hbond substituents is 1. The van der Waals surface area contributed by atoms with E-state index in [1.54, 1.807) is 24.3 Å². The lowest BCUT2D eigenvalue weighted by molar-refractivity contribution is 0.0697. The van der Waals surface area contributed by atoms with E-state index in [0.717, 1.165) is 11.1 Å². The van der Waals surface area contributed by atoms with E-state index in [1.807, 2.05) is 13.0 Å². The van der Waals surface area contributed by atoms with Crippen molar-refractivity contribution in [3.05, 3.63) is 52.5 Å². The first-order valence-electron chi connectivity index (χ1n) is 5.31. The maximum atomic E-state index is 11.0. The molecule has 0 atom stereocenters. The second-order valence-corrected chi connectivity index (χ2v) is 4.46. The third kappa shape index (κ3) is 2.46. The maximum absolute atomic E-state index is 11.0. The van der Waals surface area contributed by atoms with E-state index in [-0.39, 0.29) is 16.3 Å². The normalized spacial score (nSPS) is 10.3. The topological polar surface area (TPSA) is 57.5 Å². The smallest absolute Gasteiger partial charge is 0.337 e. The van der Waals surface area contributed by atoms with Gasteiger partial charge in [0, 0.05) is 0 Å². The molecular formula is C14H11ClO3. The molecule has 0 radical (unpaired) electrons. The van der Waals surface area contributed by atoms with Crippen LogP contribution in [0.5, 0.6) is 5.75 Å². The lowest BCUT2D eigenvalue weighted by Crippen LogP contribution is -1.97. The molecule has 0 bridgehead atoms. The van der Waals surface area contributed by atoms with Crippen LogP contribution in [0, 0.1) is 6.92 Å². The number of halogens is 1. The first kappa shape index (κ1) is 12.5. The summed E-state index contributed by atoms with van der Waals surface area (Å²) < 4.78 is 0. The molecular weight excluding hydrogens is 252 g/mol. The Hall–Kier alpha value is -2.00. The van der Waals surface area contributed by atoms with Crippen LogP contribution in [0.15, 0.2) is 36.4 Å². The third-order valence-electron chi connectivity index (χ3n) is 2.59. The number of hydrogen-bond acceptors (Lipinski definition) is 2. The molecule has 2 aromatic rings. The summed E-state index contributed by atoms with van der Waals surface area (Å²) in [5.41, 5.74) is 2.41. The first-order valence-corrected chi connectivity index (χ1v) is 5.69. The van der Waals surface area contributed by atoms with Crippen molar-refractivity contribution in [1.82, 2.24) is 0 Å². The van der Waals surface area contributed by atoms with E-state index in [9.17, 15) is 9.90 Å². The molecule has 0 aliphatic rings. The quantitative estimate of drug-likeness (QED) is 0.867. The van der Waals surface area contributed by atoms with Crippen molar-refractivity contribution in [2.24, 2.45) is 0 Å². The van der Waals surface area contributed by atoms with Crippen LogP contribution in [-0.4, -0.2) is 16.2 Å². The summed E-state index contributed by atoms with van der Waals surface area (Å²) in [6, 6.07) is 9.86. The second-order valence-electron chi connectivity index (χ2n) is 4.06. The number of aromatic carboxylic acids is 1. The lowest BCUT2D eigenvalue weighted by atomic mass is 10.0. The van der Waals surface area contributed by atoms with Crippen LogP contribution in [0.3, 0.4) is 0 Å². The Kier molecular flexibility index (Phi) is 3.26. The van der Waals surface area contributed by atoms with Gasteiger partial charge in [0.1, 0.15) is 5.75 Å². The molecule has 0 spiro atoms. The molecule has 92 valence electrons. The summed E-state index contributed by atoms with van der Waals surface area (Å²) in [5.74, 6) is -0.921. The van der Waals surface area contributed by atoms with Gasteiger partial charge in [0.05, 0.1) is 10.6 Å². The van der Waals surface area contributed by atoms with Crippen LogP contribution < -0.4 is 0 Å². The van der Waals surface area contributed by atoms with Gasteiger partial charge in [-0.25, -0.2) is 4.79 Å². The highest BCUT2D eigenvalue weighted by Crippen LogP contribution is 2.28. The summed E-state index contributed by atoms with van der Waals surface area (Å²) in [7, 11) is 0. The van der Waals surface area contributed by atoms with Crippen LogP contribution in [-0.2, 0) is 0 Å². The second kappa shape index (κ2) is 4.70. The molecule has 0 aromatic heterocycles. The van der Waals surface area contributed by atoms with E-state index in [0.29, 0.717) is 5.56 Å². The van der Waals surface area contributed by atoms with Crippen molar-refractivity contribution in [2.45, 2.75) is 6.92 Å². The van der Waals surface area contributed by atoms with Gasteiger partial charge in [0.25, 0.3) is 0 Å². The van der Waals surface area contributed by atoms with Crippen LogP contribution in [0.25, 0.3) is 11.1 Å². The lowest BCUT2D eigenvalue weighted by Gasteiger charge is -2.06. The number of phenols is 1. The molecule has 0 aliphatic carbocycles. The predicted octanol–water partition coefficient (Wildman–Crippen LogP) is 3.72. The molecule has 0 saturated carbocycles. The molecule has 0 saturated heterocycles. The minimum Gasteiger partial charge on any atom is -0.508 e. The Morgan fingerprint density at radius 1 is 1.11 bits per heavy atom. The van der Waals surface area contributed by atoms with Gasteiger partial charge in [0.15, 0.2) is 0 Å². The monoisotopic (exact) mass is 262 g/mol. The largest absolute Gasteiger partial charge is 0.508 e. The Balaban J connectivity index is 2.57. The van der Waals surface area contributed by atoms with Crippen molar-refractivity contribution in [3.8, 4) is 16.9 Å². The average molecular weight is 263 g/mol. The van der Waals surface area contributed by atoms with Gasteiger partial charge in [-0.2, -0.15) is 0 Å². The van der Waals surface area contributed by atoms with Crippen LogP contribution in [0.4, 0.5) is 0 Å². The van der Waals surface area contributed by atoms with Gasteiger partial charge in [-0.1, -0.05) is 23.7 Å². The summed E-state index contributed by atoms with van der Waals surface area (Å²) in [6.45, 7) is 1.86. The zero-order valence-electron chi connectivity index (χ0n) is 9.64. The van der Waals surface area contributed by atoms with Crippen molar-refractivity contribution in [2.75, 3.05) is 0 Å². The third-order valence-corrected chi connectivity index (χ3v) is 2.92. The molecule has 3 nitrogen and oxygen atoms in total. The Morgan fingerprint density at radius 3 is 2.44 bits per heavy atom. The van der Waals surface area contributed by atoms with Crippen molar-refractivity contribution < 1.29 is 15.0 Å². The van der Waals surface area contributed by atoms with Crippen molar-refractivity contribution >= 4 is 17.6 Å². The summed E-state index contributed by atoms with van der Waals surface area (Å²) in [5, 5.41) is 18.8. The number of carboxylic acids is 1. The number of rotatable bonds is 2. The molecule has 0 amide bonds. The van der Waals surface area contributed by atoms with Crippen LogP contribution in [0.1, 0.15) is 15.9 Å². The number of carbonyl (C=O) groups is 1. The van der Waals surface area contributed by atoms with Crippen LogP contribution >= 0.6 is 11.6 Å². The van der Waals surface area contributed by atoms with E-state index < -0.39 is 5.97 Å². The molecule has 0 fully saturated rings. The first-order chi connectivity index (χ1) is 8.47. The van der Waals surface area contributed by atoms with Gasteiger partial charge >= 0.3 is 5.97 Å². The highest BCUT2D eigenvalue weighted by atomic mass is 35.5. The minimum absolute atomic E-state index is 0.0511. The molecule has 0 heterocycles. The highest BCUT2D eigenvalue weighted by Gasteiger charge is 2.10. The Labute approximate surface area is 109 Å². The minimum atomic E-state index is -1.07. The highest BCUT2D eigenvalue weighted by molar-refractivity contribution is 6.33. The standard InChI is InChI=1S/C14H11ClO3/c1-8-4-10(6-11(16)5-8)9-2-3-13(15)12(7-9)14(17)18/h2-7,16H,1H3,(H,17,18). The summed E-state index contributed by atoms with van der Waals surface area (Å²) >= 11 is 5.81. The zero-order valence-corrected chi connectivity index (χ0v) is 10.4. The summed E-state index contributed by atoms with van der Waals surface area (Å²) in [6.07, 6.45) is 0. The van der Waals surface area contributed by atoms with E-state index in [2.05, 4.69) is 0 Å². The number of aromatic hydroxyl groups is 1. The molecule has 2 N–H and O–H groups in total. The van der Waals surface area contributed by atoms with Gasteiger partial charge in [-0.3, -0.25) is 0 Å². The average Bonchev–Trinajstić information content (AvgIpc) is 2.27. The molecule has 18 heavy (non-hydrogen) atoms. The Bertz CT molecular complexity index is 600. The predicted molar refractivity (Wildman–Crippen MR) is 70.2 cm³/mol. The van der Waals surface area contributed by atoms with Gasteiger partial charge in [-0.15, -0.1) is 0 Å². The number of carboxylic acid groups (broad SMARTS) is 1. The molecule has 0 aliphatic heterocycles. The SMILES string of the molecule is Cc1cc(O)cc(-c2ccc(Cl)c(C(=O)O)c2)c1. The fraction of sp³-hybridized carbons (Fsp3) is 0.0714. The molecule has 4 heteroatoms.